The second kappa shape index (κ2) is 11.8. The van der Waals surface area contributed by atoms with Gasteiger partial charge in [-0.2, -0.15) is 0 Å². The highest BCUT2D eigenvalue weighted by molar-refractivity contribution is 6.35. The van der Waals surface area contributed by atoms with E-state index in [1.807, 2.05) is 0 Å². The third kappa shape index (κ3) is 4.64. The molecule has 8 aromatic rings. The lowest BCUT2D eigenvalue weighted by molar-refractivity contribution is 0.768. The van der Waals surface area contributed by atoms with Gasteiger partial charge in [0.1, 0.15) is 7.85 Å². The van der Waals surface area contributed by atoms with Crippen molar-refractivity contribution in [2.75, 3.05) is 4.90 Å². The molecule has 0 amide bonds. The molecule has 2 heteroatoms. The van der Waals surface area contributed by atoms with Crippen LogP contribution in [-0.2, 0) is 5.41 Å². The van der Waals surface area contributed by atoms with Crippen LogP contribution in [0.25, 0.3) is 33.0 Å². The molecule has 1 nitrogen and oxygen atoms in total. The van der Waals surface area contributed by atoms with Crippen molar-refractivity contribution in [3.05, 3.63) is 216 Å². The molecule has 0 N–H and O–H groups in total. The van der Waals surface area contributed by atoms with E-state index in [9.17, 15) is 0 Å². The van der Waals surface area contributed by atoms with Crippen LogP contribution in [-0.4, -0.2) is 7.85 Å². The number of hydrogen-bond acceptors (Lipinski definition) is 1. The molecule has 1 aliphatic carbocycles. The number of anilines is 3. The molecule has 1 aliphatic rings. The first-order chi connectivity index (χ1) is 24.2. The SMILES string of the molecule is Bc1ccccc1-c1ccc(N(c2ccc3c(c2)C(c2ccccc2)(c2ccccc2)c2ccccc2-3)c2cccc3ccccc23)cc1. The Morgan fingerprint density at radius 2 is 0.980 bits per heavy atom. The van der Waals surface area contributed by atoms with Crippen molar-refractivity contribution >= 4 is 41.1 Å². The first-order valence-electron chi connectivity index (χ1n) is 17.0. The van der Waals surface area contributed by atoms with Gasteiger partial charge in [0.15, 0.2) is 0 Å². The highest BCUT2D eigenvalue weighted by Gasteiger charge is 2.46. The van der Waals surface area contributed by atoms with Crippen LogP contribution in [0.3, 0.4) is 0 Å². The second-order valence-electron chi connectivity index (χ2n) is 13.0. The van der Waals surface area contributed by atoms with Crippen LogP contribution < -0.4 is 10.4 Å². The smallest absolute Gasteiger partial charge is 0.140 e. The molecule has 0 aromatic heterocycles. The monoisotopic (exact) mass is 623 g/mol. The molecule has 0 bridgehead atoms. The standard InChI is InChI=1S/C47H34BN/c48-45-24-12-10-20-39(45)34-26-28-37(29-27-34)49(46-25-13-15-33-14-7-8-21-40(33)46)38-30-31-42-41-22-9-11-23-43(41)47(44(42)32-38,35-16-3-1-4-17-35)36-18-5-2-6-19-36/h1-32H,48H2. The Kier molecular flexibility index (Phi) is 7.02. The van der Waals surface area contributed by atoms with Crippen LogP contribution in [0.4, 0.5) is 17.1 Å². The summed E-state index contributed by atoms with van der Waals surface area (Å²) in [6, 6.07) is 71.1. The molecule has 0 radical (unpaired) electrons. The van der Waals surface area contributed by atoms with Crippen molar-refractivity contribution in [2.45, 2.75) is 5.41 Å². The number of hydrogen-bond donors (Lipinski definition) is 0. The van der Waals surface area contributed by atoms with Crippen molar-refractivity contribution in [1.82, 2.24) is 0 Å². The summed E-state index contributed by atoms with van der Waals surface area (Å²) in [5.41, 5.74) is 14.4. The van der Waals surface area contributed by atoms with E-state index in [1.165, 1.54) is 60.7 Å². The summed E-state index contributed by atoms with van der Waals surface area (Å²) in [7, 11) is 2.18. The summed E-state index contributed by atoms with van der Waals surface area (Å²) in [5.74, 6) is 0. The first-order valence-corrected chi connectivity index (χ1v) is 17.0. The van der Waals surface area contributed by atoms with Gasteiger partial charge in [-0.05, 0) is 80.2 Å². The van der Waals surface area contributed by atoms with Crippen molar-refractivity contribution in [1.29, 1.82) is 0 Å². The Hall–Kier alpha value is -6.12. The molecular weight excluding hydrogens is 589 g/mol. The van der Waals surface area contributed by atoms with Gasteiger partial charge in [0.25, 0.3) is 0 Å². The number of fused-ring (bicyclic) bond motifs is 4. The van der Waals surface area contributed by atoms with E-state index in [-0.39, 0.29) is 0 Å². The average Bonchev–Trinajstić information content (AvgIpc) is 3.47. The summed E-state index contributed by atoms with van der Waals surface area (Å²) in [6.07, 6.45) is 0. The maximum atomic E-state index is 2.45. The quantitative estimate of drug-likeness (QED) is 0.167. The van der Waals surface area contributed by atoms with E-state index in [2.05, 4.69) is 207 Å². The molecule has 49 heavy (non-hydrogen) atoms. The van der Waals surface area contributed by atoms with Gasteiger partial charge >= 0.3 is 0 Å². The minimum atomic E-state index is -0.469. The molecule has 0 spiro atoms. The molecule has 0 aliphatic heterocycles. The molecule has 230 valence electrons. The van der Waals surface area contributed by atoms with Crippen LogP contribution in [0.5, 0.6) is 0 Å². The maximum Gasteiger partial charge on any atom is 0.140 e. The molecule has 0 fully saturated rings. The van der Waals surface area contributed by atoms with Crippen LogP contribution in [0.15, 0.2) is 194 Å². The van der Waals surface area contributed by atoms with Gasteiger partial charge in [0.2, 0.25) is 0 Å². The lowest BCUT2D eigenvalue weighted by Gasteiger charge is -2.35. The van der Waals surface area contributed by atoms with E-state index in [0.29, 0.717) is 0 Å². The Balaban J connectivity index is 1.31. The Labute approximate surface area is 289 Å². The normalized spacial score (nSPS) is 12.7. The van der Waals surface area contributed by atoms with Gasteiger partial charge in [-0.15, -0.1) is 0 Å². The first kappa shape index (κ1) is 29.1. The van der Waals surface area contributed by atoms with Crippen LogP contribution in [0.1, 0.15) is 22.3 Å². The van der Waals surface area contributed by atoms with Gasteiger partial charge in [-0.25, -0.2) is 0 Å². The van der Waals surface area contributed by atoms with Gasteiger partial charge in [-0.1, -0.05) is 169 Å². The fourth-order valence-corrected chi connectivity index (χ4v) is 8.09. The maximum absolute atomic E-state index is 2.45. The molecule has 0 saturated heterocycles. The van der Waals surface area contributed by atoms with Crippen molar-refractivity contribution in [3.8, 4) is 22.3 Å². The molecule has 0 saturated carbocycles. The van der Waals surface area contributed by atoms with Crippen LogP contribution in [0.2, 0.25) is 0 Å². The zero-order valence-corrected chi connectivity index (χ0v) is 27.4. The molecule has 0 heterocycles. The van der Waals surface area contributed by atoms with Crippen LogP contribution >= 0.6 is 0 Å². The van der Waals surface area contributed by atoms with Crippen molar-refractivity contribution < 1.29 is 0 Å². The lowest BCUT2D eigenvalue weighted by Crippen LogP contribution is -2.28. The van der Waals surface area contributed by atoms with Gasteiger partial charge in [0.05, 0.1) is 11.1 Å². The van der Waals surface area contributed by atoms with Gasteiger partial charge in [0, 0.05) is 16.8 Å². The van der Waals surface area contributed by atoms with Crippen molar-refractivity contribution in [3.63, 3.8) is 0 Å². The zero-order chi connectivity index (χ0) is 32.8. The number of benzene rings is 8. The second-order valence-corrected chi connectivity index (χ2v) is 13.0. The average molecular weight is 624 g/mol. The summed E-state index contributed by atoms with van der Waals surface area (Å²) >= 11 is 0. The largest absolute Gasteiger partial charge is 0.310 e. The fraction of sp³-hybridized carbons (Fsp3) is 0.0213. The van der Waals surface area contributed by atoms with Gasteiger partial charge < -0.3 is 4.90 Å². The predicted octanol–water partition coefficient (Wildman–Crippen LogP) is 10.6. The third-order valence-electron chi connectivity index (χ3n) is 10.3. The highest BCUT2D eigenvalue weighted by Crippen LogP contribution is 2.57. The van der Waals surface area contributed by atoms with Crippen molar-refractivity contribution in [2.24, 2.45) is 0 Å². The Morgan fingerprint density at radius 1 is 0.408 bits per heavy atom. The van der Waals surface area contributed by atoms with E-state index < -0.39 is 5.41 Å². The minimum Gasteiger partial charge on any atom is -0.310 e. The minimum absolute atomic E-state index is 0.469. The molecular formula is C47H34BN. The van der Waals surface area contributed by atoms with E-state index in [1.54, 1.807) is 0 Å². The zero-order valence-electron chi connectivity index (χ0n) is 27.4. The third-order valence-corrected chi connectivity index (χ3v) is 10.3. The molecule has 9 rings (SSSR count). The topological polar surface area (TPSA) is 3.24 Å². The fourth-order valence-electron chi connectivity index (χ4n) is 8.09. The van der Waals surface area contributed by atoms with E-state index in [0.717, 1.165) is 17.1 Å². The number of nitrogens with zero attached hydrogens (tertiary/aromatic N) is 1. The Bertz CT molecular complexity index is 2400. The number of rotatable bonds is 6. The molecule has 0 unspecified atom stereocenters. The summed E-state index contributed by atoms with van der Waals surface area (Å²) in [6.45, 7) is 0. The summed E-state index contributed by atoms with van der Waals surface area (Å²) in [4.78, 5) is 2.44. The van der Waals surface area contributed by atoms with Gasteiger partial charge in [-0.3, -0.25) is 0 Å². The summed E-state index contributed by atoms with van der Waals surface area (Å²) in [5, 5.41) is 2.44. The Morgan fingerprint density at radius 3 is 1.71 bits per heavy atom. The molecule has 8 aromatic carbocycles. The van der Waals surface area contributed by atoms with E-state index in [4.69, 9.17) is 0 Å². The highest BCUT2D eigenvalue weighted by atomic mass is 15.1. The predicted molar refractivity (Wildman–Crippen MR) is 210 cm³/mol. The molecule has 0 atom stereocenters. The lowest BCUT2D eigenvalue weighted by atomic mass is 9.67. The summed E-state index contributed by atoms with van der Waals surface area (Å²) < 4.78 is 0. The van der Waals surface area contributed by atoms with Crippen LogP contribution in [0, 0.1) is 0 Å². The van der Waals surface area contributed by atoms with E-state index >= 15 is 0 Å².